The molecule has 20 heavy (non-hydrogen) atoms. The predicted octanol–water partition coefficient (Wildman–Crippen LogP) is 2.52. The SMILES string of the molecule is O=C(O)CC1(c2ccccc2S(=O)(=O)C2CCC2)CC1. The predicted molar refractivity (Wildman–Crippen MR) is 74.4 cm³/mol. The van der Waals surface area contributed by atoms with E-state index in [4.69, 9.17) is 5.11 Å². The van der Waals surface area contributed by atoms with E-state index in [0.717, 1.165) is 32.1 Å². The molecule has 3 rings (SSSR count). The summed E-state index contributed by atoms with van der Waals surface area (Å²) in [5, 5.41) is 8.79. The largest absolute Gasteiger partial charge is 0.481 e. The smallest absolute Gasteiger partial charge is 0.304 e. The molecule has 2 saturated carbocycles. The molecule has 2 fully saturated rings. The lowest BCUT2D eigenvalue weighted by molar-refractivity contribution is -0.137. The molecule has 0 heterocycles. The van der Waals surface area contributed by atoms with Crippen molar-refractivity contribution in [3.05, 3.63) is 29.8 Å². The summed E-state index contributed by atoms with van der Waals surface area (Å²) < 4.78 is 25.3. The maximum Gasteiger partial charge on any atom is 0.304 e. The van der Waals surface area contributed by atoms with Crippen LogP contribution in [0.1, 0.15) is 44.1 Å². The van der Waals surface area contributed by atoms with E-state index in [0.29, 0.717) is 10.5 Å². The lowest BCUT2D eigenvalue weighted by Gasteiger charge is -2.27. The molecule has 2 aliphatic carbocycles. The number of hydrogen-bond donors (Lipinski definition) is 1. The number of carboxylic acid groups (broad SMARTS) is 1. The summed E-state index contributed by atoms with van der Waals surface area (Å²) in [5.41, 5.74) is 0.258. The average molecular weight is 294 g/mol. The van der Waals surface area contributed by atoms with Gasteiger partial charge in [0.2, 0.25) is 0 Å². The van der Waals surface area contributed by atoms with Gasteiger partial charge in [-0.1, -0.05) is 24.6 Å². The van der Waals surface area contributed by atoms with E-state index >= 15 is 0 Å². The highest BCUT2D eigenvalue weighted by molar-refractivity contribution is 7.92. The zero-order chi connectivity index (χ0) is 14.4. The molecule has 0 unspecified atom stereocenters. The van der Waals surface area contributed by atoms with Crippen LogP contribution in [0.25, 0.3) is 0 Å². The molecule has 2 aliphatic rings. The Morgan fingerprint density at radius 3 is 2.40 bits per heavy atom. The molecule has 0 aromatic heterocycles. The van der Waals surface area contributed by atoms with Crippen LogP contribution in [0.15, 0.2) is 29.2 Å². The summed E-state index contributed by atoms with van der Waals surface area (Å²) in [5.74, 6) is -0.863. The summed E-state index contributed by atoms with van der Waals surface area (Å²) in [4.78, 5) is 11.4. The minimum absolute atomic E-state index is 0.0181. The Labute approximate surface area is 118 Å². The summed E-state index contributed by atoms with van der Waals surface area (Å²) in [6.45, 7) is 0. The zero-order valence-corrected chi connectivity index (χ0v) is 12.0. The minimum atomic E-state index is -3.30. The third-order valence-corrected chi connectivity index (χ3v) is 6.92. The van der Waals surface area contributed by atoms with Gasteiger partial charge in [0, 0.05) is 5.41 Å². The lowest BCUT2D eigenvalue weighted by Crippen LogP contribution is -2.30. The molecule has 0 atom stereocenters. The summed E-state index contributed by atoms with van der Waals surface area (Å²) in [6.07, 6.45) is 3.95. The Morgan fingerprint density at radius 1 is 1.25 bits per heavy atom. The van der Waals surface area contributed by atoms with Crippen LogP contribution in [0.4, 0.5) is 0 Å². The second kappa shape index (κ2) is 4.58. The van der Waals surface area contributed by atoms with Crippen LogP contribution in [0.2, 0.25) is 0 Å². The van der Waals surface area contributed by atoms with Crippen LogP contribution >= 0.6 is 0 Å². The van der Waals surface area contributed by atoms with E-state index in [2.05, 4.69) is 0 Å². The lowest BCUT2D eigenvalue weighted by atomic mass is 9.92. The molecule has 0 amide bonds. The molecule has 1 aromatic carbocycles. The fourth-order valence-corrected chi connectivity index (χ4v) is 5.17. The Kier molecular flexibility index (Phi) is 3.12. The van der Waals surface area contributed by atoms with Crippen LogP contribution in [0.5, 0.6) is 0 Å². The quantitative estimate of drug-likeness (QED) is 0.905. The molecule has 0 aliphatic heterocycles. The molecule has 0 spiro atoms. The topological polar surface area (TPSA) is 71.4 Å². The fraction of sp³-hybridized carbons (Fsp3) is 0.533. The van der Waals surface area contributed by atoms with Crippen LogP contribution in [-0.2, 0) is 20.0 Å². The number of benzene rings is 1. The molecule has 4 nitrogen and oxygen atoms in total. The van der Waals surface area contributed by atoms with Crippen molar-refractivity contribution in [2.75, 3.05) is 0 Å². The van der Waals surface area contributed by atoms with E-state index in [1.165, 1.54) is 0 Å². The van der Waals surface area contributed by atoms with Gasteiger partial charge in [0.1, 0.15) is 0 Å². The van der Waals surface area contributed by atoms with Crippen molar-refractivity contribution < 1.29 is 18.3 Å². The molecular formula is C15H18O4S. The maximum atomic E-state index is 12.6. The third-order valence-electron chi connectivity index (χ3n) is 4.60. The molecule has 1 N–H and O–H groups in total. The highest BCUT2D eigenvalue weighted by Crippen LogP contribution is 2.53. The fourth-order valence-electron chi connectivity index (χ4n) is 3.00. The first-order valence-electron chi connectivity index (χ1n) is 7.01. The van der Waals surface area contributed by atoms with Crippen molar-refractivity contribution in [2.24, 2.45) is 0 Å². The van der Waals surface area contributed by atoms with Crippen LogP contribution in [0.3, 0.4) is 0 Å². The van der Waals surface area contributed by atoms with E-state index in [1.807, 2.05) is 0 Å². The molecule has 108 valence electrons. The van der Waals surface area contributed by atoms with Crippen LogP contribution < -0.4 is 0 Å². The van der Waals surface area contributed by atoms with E-state index in [1.54, 1.807) is 24.3 Å². The Bertz CT molecular complexity index is 640. The molecule has 5 heteroatoms. The van der Waals surface area contributed by atoms with Crippen molar-refractivity contribution in [1.82, 2.24) is 0 Å². The maximum absolute atomic E-state index is 12.6. The second-order valence-corrected chi connectivity index (χ2v) is 8.14. The van der Waals surface area contributed by atoms with Gasteiger partial charge in [0.15, 0.2) is 9.84 Å². The summed E-state index contributed by atoms with van der Waals surface area (Å²) in [6, 6.07) is 6.97. The van der Waals surface area contributed by atoms with Crippen molar-refractivity contribution in [2.45, 2.75) is 54.1 Å². The second-order valence-electron chi connectivity index (χ2n) is 5.94. The van der Waals surface area contributed by atoms with Gasteiger partial charge in [0.05, 0.1) is 16.6 Å². The summed E-state index contributed by atoms with van der Waals surface area (Å²) >= 11 is 0. The Hall–Kier alpha value is -1.36. The highest BCUT2D eigenvalue weighted by Gasteiger charge is 2.49. The number of hydrogen-bond acceptors (Lipinski definition) is 3. The van der Waals surface area contributed by atoms with Gasteiger partial charge in [-0.05, 0) is 37.3 Å². The molecular weight excluding hydrogens is 276 g/mol. The van der Waals surface area contributed by atoms with Crippen molar-refractivity contribution >= 4 is 15.8 Å². The average Bonchev–Trinajstić information content (AvgIpc) is 3.06. The normalized spacial score (nSPS) is 21.2. The molecule has 1 aromatic rings. The van der Waals surface area contributed by atoms with Gasteiger partial charge in [0.25, 0.3) is 0 Å². The number of rotatable bonds is 5. The first-order chi connectivity index (χ1) is 9.46. The number of sulfone groups is 1. The number of aliphatic carboxylic acids is 1. The zero-order valence-electron chi connectivity index (χ0n) is 11.2. The van der Waals surface area contributed by atoms with Gasteiger partial charge >= 0.3 is 5.97 Å². The minimum Gasteiger partial charge on any atom is -0.481 e. The van der Waals surface area contributed by atoms with Gasteiger partial charge in [-0.15, -0.1) is 0 Å². The highest BCUT2D eigenvalue weighted by atomic mass is 32.2. The molecule has 0 radical (unpaired) electrons. The monoisotopic (exact) mass is 294 g/mol. The van der Waals surface area contributed by atoms with Crippen LogP contribution in [0, 0.1) is 0 Å². The third kappa shape index (κ3) is 2.14. The van der Waals surface area contributed by atoms with E-state index < -0.39 is 21.2 Å². The summed E-state index contributed by atoms with van der Waals surface area (Å²) in [7, 11) is -3.30. The van der Waals surface area contributed by atoms with Crippen molar-refractivity contribution in [3.63, 3.8) is 0 Å². The first-order valence-corrected chi connectivity index (χ1v) is 8.56. The number of carboxylic acids is 1. The van der Waals surface area contributed by atoms with Crippen molar-refractivity contribution in [3.8, 4) is 0 Å². The molecule has 0 bridgehead atoms. The number of carbonyl (C=O) groups is 1. The van der Waals surface area contributed by atoms with Crippen LogP contribution in [-0.4, -0.2) is 24.7 Å². The Morgan fingerprint density at radius 2 is 1.90 bits per heavy atom. The van der Waals surface area contributed by atoms with Gasteiger partial charge < -0.3 is 5.11 Å². The standard InChI is InChI=1S/C15H18O4S/c16-14(17)10-15(8-9-15)12-6-1-2-7-13(12)20(18,19)11-4-3-5-11/h1-2,6-7,11H,3-5,8-10H2,(H,16,17). The first kappa shape index (κ1) is 13.6. The van der Waals surface area contributed by atoms with Gasteiger partial charge in [-0.25, -0.2) is 8.42 Å². The van der Waals surface area contributed by atoms with Gasteiger partial charge in [-0.2, -0.15) is 0 Å². The van der Waals surface area contributed by atoms with E-state index in [-0.39, 0.29) is 11.7 Å². The Balaban J connectivity index is 2.03. The van der Waals surface area contributed by atoms with Gasteiger partial charge in [-0.3, -0.25) is 4.79 Å². The molecule has 0 saturated heterocycles. The van der Waals surface area contributed by atoms with Crippen molar-refractivity contribution in [1.29, 1.82) is 0 Å². The van der Waals surface area contributed by atoms with E-state index in [9.17, 15) is 13.2 Å².